The predicted octanol–water partition coefficient (Wildman–Crippen LogP) is 0.443. The molecule has 0 bridgehead atoms. The first-order valence-corrected chi connectivity index (χ1v) is 4.86. The van der Waals surface area contributed by atoms with Gasteiger partial charge in [0.05, 0.1) is 20.6 Å². The zero-order valence-electron chi connectivity index (χ0n) is 8.72. The lowest BCUT2D eigenvalue weighted by Gasteiger charge is -2.19. The molecule has 0 heterocycles. The molecule has 0 radical (unpaired) electrons. The van der Waals surface area contributed by atoms with E-state index in [0.717, 1.165) is 0 Å². The number of methoxy groups -OCH3 is 2. The van der Waals surface area contributed by atoms with Crippen LogP contribution in [0.3, 0.4) is 0 Å². The lowest BCUT2D eigenvalue weighted by atomic mass is 10.1. The van der Waals surface area contributed by atoms with Crippen LogP contribution in [0.25, 0.3) is 0 Å². The van der Waals surface area contributed by atoms with Crippen molar-refractivity contribution in [3.63, 3.8) is 0 Å². The van der Waals surface area contributed by atoms with Crippen molar-refractivity contribution in [3.05, 3.63) is 0 Å². The van der Waals surface area contributed by atoms with Gasteiger partial charge in [-0.25, -0.2) is 0 Å². The Bertz CT molecular complexity index is 267. The van der Waals surface area contributed by atoms with Crippen LogP contribution in [-0.2, 0) is 19.1 Å². The number of thiocarbonyl (C=S) groups is 1. The first-order valence-electron chi connectivity index (χ1n) is 4.05. The minimum atomic E-state index is -0.833. The van der Waals surface area contributed by atoms with E-state index in [0.29, 0.717) is 0 Å². The van der Waals surface area contributed by atoms with E-state index in [1.54, 1.807) is 7.05 Å². The van der Waals surface area contributed by atoms with Crippen LogP contribution in [0.2, 0.25) is 0 Å². The minimum absolute atomic E-state index is 0.146. The highest BCUT2D eigenvalue weighted by molar-refractivity contribution is 7.84. The standard InChI is InChI=1S/C8H13NO4S2/c1-9(15)7(14)5(8(11)13-3)4-6(10)12-2/h5,15H,4H2,1-3H3. The van der Waals surface area contributed by atoms with Gasteiger partial charge >= 0.3 is 11.9 Å². The molecule has 0 aromatic carbocycles. The maximum atomic E-state index is 11.3. The Labute approximate surface area is 99.3 Å². The Hall–Kier alpha value is -0.820. The lowest BCUT2D eigenvalue weighted by Crippen LogP contribution is -2.33. The van der Waals surface area contributed by atoms with Gasteiger partial charge in [-0.2, -0.15) is 0 Å². The fourth-order valence-corrected chi connectivity index (χ4v) is 1.21. The van der Waals surface area contributed by atoms with Crippen LogP contribution in [0.4, 0.5) is 0 Å². The van der Waals surface area contributed by atoms with Crippen LogP contribution in [0.5, 0.6) is 0 Å². The fraction of sp³-hybridized carbons (Fsp3) is 0.625. The van der Waals surface area contributed by atoms with Crippen molar-refractivity contribution < 1.29 is 19.1 Å². The van der Waals surface area contributed by atoms with E-state index in [1.807, 2.05) is 0 Å². The highest BCUT2D eigenvalue weighted by Gasteiger charge is 2.28. The van der Waals surface area contributed by atoms with E-state index in [1.165, 1.54) is 18.5 Å². The van der Waals surface area contributed by atoms with Crippen LogP contribution in [0, 0.1) is 5.92 Å². The molecule has 0 aliphatic carbocycles. The van der Waals surface area contributed by atoms with Crippen molar-refractivity contribution in [2.24, 2.45) is 5.92 Å². The summed E-state index contributed by atoms with van der Waals surface area (Å²) < 4.78 is 10.3. The molecule has 0 aliphatic rings. The molecule has 86 valence electrons. The van der Waals surface area contributed by atoms with E-state index in [2.05, 4.69) is 22.3 Å². The number of ether oxygens (including phenoxy) is 2. The zero-order chi connectivity index (χ0) is 12.0. The Kier molecular flexibility index (Phi) is 6.26. The lowest BCUT2D eigenvalue weighted by molar-refractivity contribution is -0.149. The van der Waals surface area contributed by atoms with Gasteiger partial charge in [0, 0.05) is 7.05 Å². The van der Waals surface area contributed by atoms with Crippen LogP contribution >= 0.6 is 25.0 Å². The molecule has 0 amide bonds. The molecule has 0 rings (SSSR count). The molecule has 0 saturated heterocycles. The Morgan fingerprint density at radius 1 is 1.40 bits per heavy atom. The monoisotopic (exact) mass is 251 g/mol. The second-order valence-corrected chi connectivity index (χ2v) is 3.74. The summed E-state index contributed by atoms with van der Waals surface area (Å²) in [7, 11) is 4.04. The van der Waals surface area contributed by atoms with Crippen molar-refractivity contribution in [1.82, 2.24) is 4.31 Å². The molecule has 7 heteroatoms. The quantitative estimate of drug-likeness (QED) is 0.444. The molecule has 0 spiro atoms. The van der Waals surface area contributed by atoms with Crippen LogP contribution < -0.4 is 0 Å². The molecular weight excluding hydrogens is 238 g/mol. The SMILES string of the molecule is COC(=O)CC(C(=O)OC)C(=S)N(C)S. The summed E-state index contributed by atoms with van der Waals surface area (Å²) >= 11 is 8.90. The highest BCUT2D eigenvalue weighted by Crippen LogP contribution is 2.13. The molecule has 0 fully saturated rings. The second kappa shape index (κ2) is 6.62. The van der Waals surface area contributed by atoms with Crippen molar-refractivity contribution in [1.29, 1.82) is 0 Å². The number of rotatable bonds is 4. The molecule has 0 N–H and O–H groups in total. The topological polar surface area (TPSA) is 55.8 Å². The van der Waals surface area contributed by atoms with Gasteiger partial charge in [0.2, 0.25) is 0 Å². The molecule has 1 atom stereocenters. The van der Waals surface area contributed by atoms with E-state index in [9.17, 15) is 9.59 Å². The van der Waals surface area contributed by atoms with Crippen molar-refractivity contribution >= 4 is 42.0 Å². The van der Waals surface area contributed by atoms with Crippen LogP contribution in [0.15, 0.2) is 0 Å². The molecular formula is C8H13NO4S2. The van der Waals surface area contributed by atoms with E-state index >= 15 is 0 Å². The zero-order valence-corrected chi connectivity index (χ0v) is 10.4. The van der Waals surface area contributed by atoms with Crippen LogP contribution in [0.1, 0.15) is 6.42 Å². The molecule has 0 aliphatic heterocycles. The van der Waals surface area contributed by atoms with Gasteiger partial charge < -0.3 is 13.8 Å². The molecule has 0 aromatic rings. The number of hydrogen-bond donors (Lipinski definition) is 1. The van der Waals surface area contributed by atoms with Crippen molar-refractivity contribution in [2.45, 2.75) is 6.42 Å². The number of hydrogen-bond acceptors (Lipinski definition) is 6. The van der Waals surface area contributed by atoms with Gasteiger partial charge in [0.15, 0.2) is 0 Å². The molecule has 15 heavy (non-hydrogen) atoms. The highest BCUT2D eigenvalue weighted by atomic mass is 32.1. The first-order chi connectivity index (χ1) is 6.93. The minimum Gasteiger partial charge on any atom is -0.469 e. The van der Waals surface area contributed by atoms with E-state index in [-0.39, 0.29) is 11.4 Å². The summed E-state index contributed by atoms with van der Waals surface area (Å²) in [4.78, 5) is 22.6. The average molecular weight is 251 g/mol. The molecule has 1 unspecified atom stereocenters. The molecule has 0 saturated carbocycles. The first kappa shape index (κ1) is 14.2. The number of nitrogens with zero attached hydrogens (tertiary/aromatic N) is 1. The maximum absolute atomic E-state index is 11.3. The summed E-state index contributed by atoms with van der Waals surface area (Å²) in [6.45, 7) is 0. The maximum Gasteiger partial charge on any atom is 0.316 e. The largest absolute Gasteiger partial charge is 0.469 e. The third kappa shape index (κ3) is 4.48. The summed E-state index contributed by atoms with van der Waals surface area (Å²) in [5.41, 5.74) is 0. The average Bonchev–Trinajstić information content (AvgIpc) is 2.23. The van der Waals surface area contributed by atoms with Gasteiger partial charge in [0.25, 0.3) is 0 Å². The third-order valence-corrected chi connectivity index (χ3v) is 2.61. The third-order valence-electron chi connectivity index (χ3n) is 1.70. The Morgan fingerprint density at radius 3 is 2.27 bits per heavy atom. The van der Waals surface area contributed by atoms with Gasteiger partial charge in [-0.3, -0.25) is 9.59 Å². The fourth-order valence-electron chi connectivity index (χ4n) is 0.889. The summed E-state index contributed by atoms with van der Waals surface area (Å²) in [5.74, 6) is -1.94. The summed E-state index contributed by atoms with van der Waals surface area (Å²) in [5, 5.41) is 0. The molecule has 0 aromatic heterocycles. The van der Waals surface area contributed by atoms with E-state index in [4.69, 9.17) is 12.2 Å². The Balaban J connectivity index is 4.66. The van der Waals surface area contributed by atoms with Gasteiger partial charge in [0.1, 0.15) is 10.9 Å². The van der Waals surface area contributed by atoms with Crippen LogP contribution in [-0.4, -0.2) is 42.5 Å². The predicted molar refractivity (Wildman–Crippen MR) is 61.5 cm³/mol. The summed E-state index contributed by atoms with van der Waals surface area (Å²) in [6, 6.07) is 0. The van der Waals surface area contributed by atoms with Gasteiger partial charge in [-0.1, -0.05) is 25.0 Å². The Morgan fingerprint density at radius 2 is 1.93 bits per heavy atom. The normalized spacial score (nSPS) is 11.5. The number of carbonyl (C=O) groups excluding carboxylic acids is 2. The van der Waals surface area contributed by atoms with E-state index < -0.39 is 17.9 Å². The molecule has 5 nitrogen and oxygen atoms in total. The number of thiol groups is 1. The summed E-state index contributed by atoms with van der Waals surface area (Å²) in [6.07, 6.45) is -0.146. The number of carbonyl (C=O) groups is 2. The second-order valence-electron chi connectivity index (χ2n) is 2.72. The smallest absolute Gasteiger partial charge is 0.316 e. The van der Waals surface area contributed by atoms with Gasteiger partial charge in [-0.15, -0.1) is 0 Å². The van der Waals surface area contributed by atoms with Crippen molar-refractivity contribution in [3.8, 4) is 0 Å². The van der Waals surface area contributed by atoms with Crippen molar-refractivity contribution in [2.75, 3.05) is 21.3 Å². The number of esters is 2. The van der Waals surface area contributed by atoms with Gasteiger partial charge in [-0.05, 0) is 0 Å².